The van der Waals surface area contributed by atoms with Gasteiger partial charge in [-0.2, -0.15) is 0 Å². The Morgan fingerprint density at radius 1 is 1.05 bits per heavy atom. The van der Waals surface area contributed by atoms with Crippen LogP contribution in [0.3, 0.4) is 0 Å². The largest absolute Gasteiger partial charge is 0.328 e. The lowest BCUT2D eigenvalue weighted by molar-refractivity contribution is -0.00559. The van der Waals surface area contributed by atoms with Crippen LogP contribution in [0.5, 0.6) is 0 Å². The van der Waals surface area contributed by atoms with Crippen LogP contribution in [0, 0.1) is 17.8 Å². The molecule has 4 bridgehead atoms. The second kappa shape index (κ2) is 4.59. The Hall–Kier alpha value is -0.820. The van der Waals surface area contributed by atoms with Crippen molar-refractivity contribution >= 4 is 0 Å². The molecule has 1 aromatic rings. The highest BCUT2D eigenvalue weighted by Gasteiger charge is 2.51. The predicted octanol–water partition coefficient (Wildman–Crippen LogP) is 4.04. The van der Waals surface area contributed by atoms with Gasteiger partial charge in [0.1, 0.15) is 0 Å². The average Bonchev–Trinajstić information content (AvgIpc) is 2.36. The van der Waals surface area contributed by atoms with Gasteiger partial charge in [0.05, 0.1) is 0 Å². The zero-order chi connectivity index (χ0) is 13.7. The summed E-state index contributed by atoms with van der Waals surface area (Å²) in [5.41, 5.74) is 9.79. The smallest absolute Gasteiger partial charge is 0.00510 e. The Morgan fingerprint density at radius 2 is 1.60 bits per heavy atom. The molecule has 4 aliphatic rings. The van der Waals surface area contributed by atoms with E-state index in [2.05, 4.69) is 31.2 Å². The fourth-order valence-corrected chi connectivity index (χ4v) is 6.00. The summed E-state index contributed by atoms with van der Waals surface area (Å²) in [6.07, 6.45) is 9.97. The predicted molar refractivity (Wildman–Crippen MR) is 83.6 cm³/mol. The van der Waals surface area contributed by atoms with Gasteiger partial charge >= 0.3 is 0 Å². The summed E-state index contributed by atoms with van der Waals surface area (Å²) in [6, 6.07) is 9.47. The third-order valence-corrected chi connectivity index (χ3v) is 6.17. The fraction of sp³-hybridized carbons (Fsp3) is 0.684. The molecule has 0 heterocycles. The molecular formula is C19H27N. The molecule has 0 radical (unpaired) electrons. The fourth-order valence-electron chi connectivity index (χ4n) is 6.00. The Balaban J connectivity index is 1.73. The summed E-state index contributed by atoms with van der Waals surface area (Å²) in [4.78, 5) is 0. The zero-order valence-electron chi connectivity index (χ0n) is 12.6. The third kappa shape index (κ3) is 2.02. The number of hydrogen-bond acceptors (Lipinski definition) is 1. The maximum absolute atomic E-state index is 6.08. The van der Waals surface area contributed by atoms with Gasteiger partial charge in [-0.25, -0.2) is 0 Å². The standard InChI is InChI=1S/C19H27N/c1-13(20)6-17-4-2-3-5-18(17)19-10-14-7-15(11-19)9-16(8-14)12-19/h2-5,13-16H,6-12,20H2,1H3. The first-order valence-corrected chi connectivity index (χ1v) is 8.48. The maximum atomic E-state index is 6.08. The maximum Gasteiger partial charge on any atom is 0.00510 e. The Bertz CT molecular complexity index is 467. The van der Waals surface area contributed by atoms with Crippen molar-refractivity contribution in [2.45, 2.75) is 63.3 Å². The molecule has 0 amide bonds. The molecule has 1 aromatic carbocycles. The second-order valence-electron chi connectivity index (χ2n) is 8.04. The van der Waals surface area contributed by atoms with Crippen LogP contribution in [0.4, 0.5) is 0 Å². The van der Waals surface area contributed by atoms with E-state index in [-0.39, 0.29) is 6.04 Å². The topological polar surface area (TPSA) is 26.0 Å². The Labute approximate surface area is 122 Å². The van der Waals surface area contributed by atoms with Gasteiger partial charge in [0.2, 0.25) is 0 Å². The van der Waals surface area contributed by atoms with Crippen molar-refractivity contribution < 1.29 is 0 Å². The lowest BCUT2D eigenvalue weighted by Gasteiger charge is -2.57. The van der Waals surface area contributed by atoms with Crippen molar-refractivity contribution in [3.05, 3.63) is 35.4 Å². The van der Waals surface area contributed by atoms with Crippen molar-refractivity contribution in [2.24, 2.45) is 23.5 Å². The van der Waals surface area contributed by atoms with Gasteiger partial charge in [-0.05, 0) is 86.2 Å². The summed E-state index contributed by atoms with van der Waals surface area (Å²) in [5.74, 6) is 3.05. The second-order valence-corrected chi connectivity index (χ2v) is 8.04. The monoisotopic (exact) mass is 269 g/mol. The molecule has 1 heteroatoms. The minimum Gasteiger partial charge on any atom is -0.328 e. The minimum atomic E-state index is 0.269. The molecule has 0 aromatic heterocycles. The van der Waals surface area contributed by atoms with Crippen molar-refractivity contribution in [3.63, 3.8) is 0 Å². The number of rotatable bonds is 3. The molecule has 0 saturated heterocycles. The quantitative estimate of drug-likeness (QED) is 0.880. The van der Waals surface area contributed by atoms with Crippen molar-refractivity contribution in [3.8, 4) is 0 Å². The molecule has 0 spiro atoms. The van der Waals surface area contributed by atoms with Crippen molar-refractivity contribution in [2.75, 3.05) is 0 Å². The summed E-state index contributed by atoms with van der Waals surface area (Å²) in [6.45, 7) is 2.14. The first-order valence-electron chi connectivity index (χ1n) is 8.48. The zero-order valence-corrected chi connectivity index (χ0v) is 12.6. The van der Waals surface area contributed by atoms with E-state index in [0.29, 0.717) is 5.41 Å². The summed E-state index contributed by atoms with van der Waals surface area (Å²) < 4.78 is 0. The van der Waals surface area contributed by atoms with Gasteiger partial charge in [-0.1, -0.05) is 24.3 Å². The van der Waals surface area contributed by atoms with E-state index in [9.17, 15) is 0 Å². The van der Waals surface area contributed by atoms with Gasteiger partial charge in [-0.15, -0.1) is 0 Å². The van der Waals surface area contributed by atoms with Crippen LogP contribution in [-0.2, 0) is 11.8 Å². The first kappa shape index (κ1) is 12.9. The molecule has 1 atom stereocenters. The highest BCUT2D eigenvalue weighted by atomic mass is 14.6. The summed E-state index contributed by atoms with van der Waals surface area (Å²) >= 11 is 0. The average molecular weight is 269 g/mol. The van der Waals surface area contributed by atoms with Crippen LogP contribution in [0.25, 0.3) is 0 Å². The van der Waals surface area contributed by atoms with E-state index < -0.39 is 0 Å². The summed E-state index contributed by atoms with van der Waals surface area (Å²) in [7, 11) is 0. The van der Waals surface area contributed by atoms with Gasteiger partial charge < -0.3 is 5.73 Å². The van der Waals surface area contributed by atoms with Gasteiger partial charge in [0.25, 0.3) is 0 Å². The molecule has 4 fully saturated rings. The molecule has 4 aliphatic carbocycles. The number of hydrogen-bond donors (Lipinski definition) is 1. The highest BCUT2D eigenvalue weighted by molar-refractivity contribution is 5.37. The van der Waals surface area contributed by atoms with Crippen LogP contribution in [0.15, 0.2) is 24.3 Å². The van der Waals surface area contributed by atoms with E-state index in [1.807, 2.05) is 0 Å². The van der Waals surface area contributed by atoms with E-state index >= 15 is 0 Å². The minimum absolute atomic E-state index is 0.269. The van der Waals surface area contributed by atoms with Crippen molar-refractivity contribution in [1.82, 2.24) is 0 Å². The van der Waals surface area contributed by atoms with Gasteiger partial charge in [0, 0.05) is 6.04 Å². The van der Waals surface area contributed by atoms with Crippen LogP contribution >= 0.6 is 0 Å². The molecule has 1 nitrogen and oxygen atoms in total. The van der Waals surface area contributed by atoms with Crippen LogP contribution < -0.4 is 5.73 Å². The van der Waals surface area contributed by atoms with Crippen LogP contribution in [0.2, 0.25) is 0 Å². The highest BCUT2D eigenvalue weighted by Crippen LogP contribution is 2.61. The van der Waals surface area contributed by atoms with E-state index in [4.69, 9.17) is 5.73 Å². The van der Waals surface area contributed by atoms with Gasteiger partial charge in [-0.3, -0.25) is 0 Å². The molecule has 1 unspecified atom stereocenters. The lowest BCUT2D eigenvalue weighted by Crippen LogP contribution is -2.49. The van der Waals surface area contributed by atoms with Crippen molar-refractivity contribution in [1.29, 1.82) is 0 Å². The Kier molecular flexibility index (Phi) is 2.96. The van der Waals surface area contributed by atoms with Crippen LogP contribution in [0.1, 0.15) is 56.6 Å². The molecular weight excluding hydrogens is 242 g/mol. The lowest BCUT2D eigenvalue weighted by atomic mass is 9.47. The van der Waals surface area contributed by atoms with E-state index in [1.165, 1.54) is 44.1 Å². The van der Waals surface area contributed by atoms with Gasteiger partial charge in [0.15, 0.2) is 0 Å². The van der Waals surface area contributed by atoms with Crippen LogP contribution in [-0.4, -0.2) is 6.04 Å². The Morgan fingerprint density at radius 3 is 2.15 bits per heavy atom. The molecule has 5 rings (SSSR count). The summed E-state index contributed by atoms with van der Waals surface area (Å²) in [5, 5.41) is 0. The molecule has 2 N–H and O–H groups in total. The first-order chi connectivity index (χ1) is 9.64. The molecule has 4 saturated carbocycles. The molecule has 20 heavy (non-hydrogen) atoms. The SMILES string of the molecule is CC(N)Cc1ccccc1C12CC3CC(CC(C3)C1)C2. The third-order valence-electron chi connectivity index (χ3n) is 6.17. The van der Waals surface area contributed by atoms with E-state index in [1.54, 1.807) is 5.56 Å². The van der Waals surface area contributed by atoms with E-state index in [0.717, 1.165) is 24.2 Å². The number of benzene rings is 1. The molecule has 108 valence electrons. The normalized spacial score (nSPS) is 40.0. The number of nitrogens with two attached hydrogens (primary N) is 1. The molecule has 0 aliphatic heterocycles.